The maximum absolute atomic E-state index is 9.50. The van der Waals surface area contributed by atoms with Crippen LogP contribution < -0.4 is 0 Å². The minimum atomic E-state index is -2.61. The Morgan fingerprint density at radius 1 is 1.50 bits per heavy atom. The number of hydrogen-bond donors (Lipinski definition) is 1. The molecule has 0 heterocycles. The second-order valence-corrected chi connectivity index (χ2v) is 0.704. The van der Waals surface area contributed by atoms with Crippen LogP contribution in [-0.4, -0.2) is 15.6 Å². The Bertz CT molecular complexity index is 82.9. The van der Waals surface area contributed by atoms with Crippen LogP contribution >= 0.6 is 0 Å². The van der Waals surface area contributed by atoms with Gasteiger partial charge in [-0.25, -0.2) is 0 Å². The van der Waals surface area contributed by atoms with Gasteiger partial charge in [0.25, 0.3) is 0 Å². The highest BCUT2D eigenvalue weighted by Crippen LogP contribution is 1.16. The fourth-order valence-electron chi connectivity index (χ4n) is 0. The second kappa shape index (κ2) is 8.82. The van der Waals surface area contributed by atoms with Crippen molar-refractivity contribution in [3.63, 3.8) is 0 Å². The molecular weight excluding hydrogens is 109 g/mol. The number of nitrogens with one attached hydrogen (secondary N) is 1. The fraction of sp³-hybridized carbons (Fsp3) is 1.00. The molecule has 0 fully saturated rings. The van der Waals surface area contributed by atoms with E-state index in [2.05, 4.69) is 0 Å². The summed E-state index contributed by atoms with van der Waals surface area (Å²) in [5.41, 5.74) is 0. The van der Waals surface area contributed by atoms with Gasteiger partial charge in [-0.1, -0.05) is 0 Å². The van der Waals surface area contributed by atoms with E-state index in [1.54, 1.807) is 0 Å². The Labute approximate surface area is 36.3 Å². The van der Waals surface area contributed by atoms with E-state index in [0.717, 1.165) is 0 Å². The zero-order valence-corrected chi connectivity index (χ0v) is 3.92. The van der Waals surface area contributed by atoms with Crippen LogP contribution in [0.15, 0.2) is 0 Å². The number of halogens is 1. The van der Waals surface area contributed by atoms with E-state index in [1.165, 1.54) is 0 Å². The first-order valence-corrected chi connectivity index (χ1v) is 1.99. The summed E-state index contributed by atoms with van der Waals surface area (Å²) < 4.78 is 32.3. The third kappa shape index (κ3) is 114. The monoisotopic (exact) mass is 113 g/mol. The predicted molar refractivity (Wildman–Crippen MR) is 18.7 cm³/mol. The van der Waals surface area contributed by atoms with Gasteiger partial charge in [-0.3, -0.25) is 4.39 Å². The predicted octanol–water partition coefficient (Wildman–Crippen LogP) is 0.214. The van der Waals surface area contributed by atoms with E-state index in [4.69, 9.17) is 13.2 Å². The molecule has 0 aliphatic carbocycles. The minimum absolute atomic E-state index is 0.500. The molecule has 0 aliphatic rings. The molecule has 1 N–H and O–H groups in total. The molecule has 0 saturated heterocycles. The third-order valence-electron chi connectivity index (χ3n) is 0. The average Bonchev–Trinajstić information content (AvgIpc) is 1.41. The molecule has 0 aromatic carbocycles. The Morgan fingerprint density at radius 2 is 1.50 bits per heavy atom. The quantitative estimate of drug-likeness (QED) is 0.488. The lowest BCUT2D eigenvalue weighted by atomic mass is 11.9. The number of hydrogen-bond acceptors (Lipinski definition) is 3. The van der Waals surface area contributed by atoms with E-state index in [0.29, 0.717) is 7.18 Å². The molecule has 3 nitrogen and oxygen atoms in total. The summed E-state index contributed by atoms with van der Waals surface area (Å²) in [5.74, 6) is 0. The maximum Gasteiger partial charge on any atom is 0.308 e. The summed E-state index contributed by atoms with van der Waals surface area (Å²) >= 11 is 0. The molecule has 0 saturated carbocycles. The number of rotatable bonds is 0. The molecule has 0 aromatic rings. The first kappa shape index (κ1) is 9.12. The molecule has 6 heavy (non-hydrogen) atoms. The smallest absolute Gasteiger partial charge is 0.255 e. The van der Waals surface area contributed by atoms with Crippen molar-refractivity contribution in [3.05, 3.63) is 0 Å². The fourth-order valence-corrected chi connectivity index (χ4v) is 0. The second-order valence-electron chi connectivity index (χ2n) is 0.235. The van der Waals surface area contributed by atoms with Crippen molar-refractivity contribution < 1.29 is 12.8 Å². The first-order valence-electron chi connectivity index (χ1n) is 0.915. The molecule has 0 bridgehead atoms. The van der Waals surface area contributed by atoms with Gasteiger partial charge in [0.15, 0.2) is 0 Å². The number of alkyl halides is 1. The summed E-state index contributed by atoms with van der Waals surface area (Å²) in [7, 11) is -2.11. The standard InChI is InChI=1S/CH3F.HNO2S/c1-2;1-4(2)3/h1H3;1H. The Morgan fingerprint density at radius 3 is 1.50 bits per heavy atom. The van der Waals surface area contributed by atoms with Gasteiger partial charge < -0.3 is 0 Å². The van der Waals surface area contributed by atoms with Gasteiger partial charge in [0.1, 0.15) is 0 Å². The molecular formula is CH4FNO2S. The summed E-state index contributed by atoms with van der Waals surface area (Å²) in [5, 5.41) is 0. The van der Waals surface area contributed by atoms with Crippen LogP contribution in [0.1, 0.15) is 0 Å². The highest BCUT2D eigenvalue weighted by Gasteiger charge is 1.32. The van der Waals surface area contributed by atoms with Crippen molar-refractivity contribution in [1.82, 2.24) is 0 Å². The van der Waals surface area contributed by atoms with Crippen LogP contribution in [0.25, 0.3) is 0 Å². The Kier molecular flexibility index (Phi) is 13.4. The average molecular weight is 113 g/mol. The van der Waals surface area contributed by atoms with Gasteiger partial charge >= 0.3 is 10.5 Å². The highest BCUT2D eigenvalue weighted by atomic mass is 32.2. The summed E-state index contributed by atoms with van der Waals surface area (Å²) in [4.78, 5) is 0. The van der Waals surface area contributed by atoms with Crippen molar-refractivity contribution in [2.75, 3.05) is 7.18 Å². The molecule has 0 spiro atoms. The van der Waals surface area contributed by atoms with E-state index in [-0.39, 0.29) is 0 Å². The largest absolute Gasteiger partial charge is 0.308 e. The summed E-state index contributed by atoms with van der Waals surface area (Å²) in [6.45, 7) is 0. The van der Waals surface area contributed by atoms with Crippen LogP contribution in [-0.2, 0) is 10.5 Å². The lowest BCUT2D eigenvalue weighted by Gasteiger charge is -1.18. The van der Waals surface area contributed by atoms with Gasteiger partial charge in [-0.15, -0.1) is 0 Å². The lowest BCUT2D eigenvalue weighted by Crippen LogP contribution is -1.34. The van der Waals surface area contributed by atoms with Crippen molar-refractivity contribution in [2.45, 2.75) is 0 Å². The SMILES string of the molecule is CF.N=S(=O)=O. The Balaban J connectivity index is 0. The summed E-state index contributed by atoms with van der Waals surface area (Å²) in [6, 6.07) is 0. The lowest BCUT2D eigenvalue weighted by molar-refractivity contribution is 0.620. The van der Waals surface area contributed by atoms with Crippen molar-refractivity contribution in [1.29, 1.82) is 4.78 Å². The normalized spacial score (nSPS) is 5.00. The van der Waals surface area contributed by atoms with E-state index in [1.807, 2.05) is 0 Å². The zero-order chi connectivity index (χ0) is 5.58. The topological polar surface area (TPSA) is 58.0 Å². The Hall–Kier alpha value is -0.450. The molecule has 0 amide bonds. The van der Waals surface area contributed by atoms with Crippen molar-refractivity contribution in [2.24, 2.45) is 0 Å². The van der Waals surface area contributed by atoms with Gasteiger partial charge in [0, 0.05) is 0 Å². The van der Waals surface area contributed by atoms with Crippen LogP contribution in [0.4, 0.5) is 4.39 Å². The van der Waals surface area contributed by atoms with Gasteiger partial charge in [-0.2, -0.15) is 13.2 Å². The van der Waals surface area contributed by atoms with E-state index < -0.39 is 10.5 Å². The minimum Gasteiger partial charge on any atom is -0.255 e. The molecule has 0 aromatic heterocycles. The molecule has 5 heteroatoms. The summed E-state index contributed by atoms with van der Waals surface area (Å²) in [6.07, 6.45) is 0. The zero-order valence-electron chi connectivity index (χ0n) is 3.10. The van der Waals surface area contributed by atoms with Crippen LogP contribution in [0.2, 0.25) is 0 Å². The van der Waals surface area contributed by atoms with Crippen molar-refractivity contribution in [3.8, 4) is 0 Å². The van der Waals surface area contributed by atoms with Gasteiger partial charge in [-0.05, 0) is 0 Å². The molecule has 0 rings (SSSR count). The molecule has 0 unspecified atom stereocenters. The third-order valence-corrected chi connectivity index (χ3v) is 0. The maximum atomic E-state index is 9.50. The highest BCUT2D eigenvalue weighted by molar-refractivity contribution is 7.60. The van der Waals surface area contributed by atoms with Crippen LogP contribution in [0.5, 0.6) is 0 Å². The van der Waals surface area contributed by atoms with Crippen molar-refractivity contribution >= 4 is 10.5 Å². The molecule has 0 radical (unpaired) electrons. The van der Waals surface area contributed by atoms with Gasteiger partial charge in [0.05, 0.1) is 7.18 Å². The van der Waals surface area contributed by atoms with Gasteiger partial charge in [0.2, 0.25) is 0 Å². The molecule has 0 atom stereocenters. The van der Waals surface area contributed by atoms with Crippen LogP contribution in [0, 0.1) is 4.78 Å². The molecule has 0 aliphatic heterocycles. The van der Waals surface area contributed by atoms with Crippen LogP contribution in [0.3, 0.4) is 0 Å². The van der Waals surface area contributed by atoms with E-state index >= 15 is 0 Å². The first-order chi connectivity index (χ1) is 2.73. The van der Waals surface area contributed by atoms with E-state index in [9.17, 15) is 4.39 Å². The molecule has 38 valence electrons.